The maximum Gasteiger partial charge on any atom is 0.350 e. The highest BCUT2D eigenvalue weighted by atomic mass is 16.5. The van der Waals surface area contributed by atoms with Crippen LogP contribution in [0.1, 0.15) is 30.1 Å². The standard InChI is InChI=1S/C22H24N4O3/c1-16-7-5-6-10-19(16)29-15-20(27)23-13-14-25-22(28)26(18-8-3-2-4-9-18)21(24-25)17-11-12-17/h2-10,17H,11-15H2,1H3,(H,23,27). The highest BCUT2D eigenvalue weighted by Gasteiger charge is 2.31. The quantitative estimate of drug-likeness (QED) is 0.639. The zero-order valence-corrected chi connectivity index (χ0v) is 16.4. The highest BCUT2D eigenvalue weighted by molar-refractivity contribution is 5.77. The van der Waals surface area contributed by atoms with Gasteiger partial charge in [0.1, 0.15) is 11.6 Å². The number of para-hydroxylation sites is 2. The molecule has 29 heavy (non-hydrogen) atoms. The van der Waals surface area contributed by atoms with E-state index in [9.17, 15) is 9.59 Å². The first kappa shape index (κ1) is 19.0. The van der Waals surface area contributed by atoms with Crippen molar-refractivity contribution in [1.29, 1.82) is 0 Å². The highest BCUT2D eigenvalue weighted by Crippen LogP contribution is 2.39. The Bertz CT molecular complexity index is 1050. The Balaban J connectivity index is 1.37. The summed E-state index contributed by atoms with van der Waals surface area (Å²) in [5.74, 6) is 1.59. The lowest BCUT2D eigenvalue weighted by Crippen LogP contribution is -2.34. The molecule has 150 valence electrons. The van der Waals surface area contributed by atoms with E-state index in [1.54, 1.807) is 4.57 Å². The molecule has 0 saturated heterocycles. The van der Waals surface area contributed by atoms with Crippen LogP contribution in [0.4, 0.5) is 0 Å². The molecule has 1 fully saturated rings. The van der Waals surface area contributed by atoms with E-state index in [1.807, 2.05) is 61.5 Å². The second kappa shape index (κ2) is 8.34. The van der Waals surface area contributed by atoms with Gasteiger partial charge in [-0.05, 0) is 43.5 Å². The fourth-order valence-corrected chi connectivity index (χ4v) is 3.21. The molecule has 7 heteroatoms. The molecular formula is C22H24N4O3. The van der Waals surface area contributed by atoms with Crippen molar-refractivity contribution in [2.45, 2.75) is 32.2 Å². The number of aryl methyl sites for hydroxylation is 1. The molecule has 0 radical (unpaired) electrons. The number of hydrogen-bond donors (Lipinski definition) is 1. The number of hydrogen-bond acceptors (Lipinski definition) is 4. The molecular weight excluding hydrogens is 368 g/mol. The van der Waals surface area contributed by atoms with Crippen LogP contribution < -0.4 is 15.7 Å². The van der Waals surface area contributed by atoms with Crippen LogP contribution in [0.2, 0.25) is 0 Å². The van der Waals surface area contributed by atoms with Crippen LogP contribution in [0, 0.1) is 6.92 Å². The van der Waals surface area contributed by atoms with Crippen LogP contribution in [0.3, 0.4) is 0 Å². The summed E-state index contributed by atoms with van der Waals surface area (Å²) in [6, 6.07) is 17.1. The van der Waals surface area contributed by atoms with Gasteiger partial charge in [-0.2, -0.15) is 5.10 Å². The Labute approximate surface area is 168 Å². The van der Waals surface area contributed by atoms with Gasteiger partial charge in [0.05, 0.1) is 12.2 Å². The molecule has 1 heterocycles. The second-order valence-electron chi connectivity index (χ2n) is 7.21. The number of amides is 1. The summed E-state index contributed by atoms with van der Waals surface area (Å²) in [5.41, 5.74) is 1.62. The van der Waals surface area contributed by atoms with E-state index in [0.717, 1.165) is 29.9 Å². The topological polar surface area (TPSA) is 78.2 Å². The molecule has 0 bridgehead atoms. The van der Waals surface area contributed by atoms with Crippen LogP contribution >= 0.6 is 0 Å². The lowest BCUT2D eigenvalue weighted by Gasteiger charge is -2.09. The minimum Gasteiger partial charge on any atom is -0.484 e. The second-order valence-corrected chi connectivity index (χ2v) is 7.21. The monoisotopic (exact) mass is 392 g/mol. The van der Waals surface area contributed by atoms with Gasteiger partial charge in [0.25, 0.3) is 5.91 Å². The van der Waals surface area contributed by atoms with Gasteiger partial charge in [-0.15, -0.1) is 0 Å². The third-order valence-electron chi connectivity index (χ3n) is 4.92. The minimum atomic E-state index is -0.230. The first-order valence-electron chi connectivity index (χ1n) is 9.84. The van der Waals surface area contributed by atoms with Crippen molar-refractivity contribution in [3.8, 4) is 11.4 Å². The first-order chi connectivity index (χ1) is 14.1. The third kappa shape index (κ3) is 4.39. The maximum absolute atomic E-state index is 12.9. The van der Waals surface area contributed by atoms with Gasteiger partial charge in [0.2, 0.25) is 0 Å². The number of aromatic nitrogens is 3. The Morgan fingerprint density at radius 2 is 1.86 bits per heavy atom. The number of nitrogens with one attached hydrogen (secondary N) is 1. The summed E-state index contributed by atoms with van der Waals surface area (Å²) in [6.45, 7) is 2.49. The van der Waals surface area contributed by atoms with Crippen molar-refractivity contribution in [3.63, 3.8) is 0 Å². The zero-order chi connectivity index (χ0) is 20.2. The molecule has 0 aliphatic heterocycles. The van der Waals surface area contributed by atoms with E-state index in [1.165, 1.54) is 4.68 Å². The average Bonchev–Trinajstić information content (AvgIpc) is 3.52. The summed E-state index contributed by atoms with van der Waals surface area (Å²) in [5, 5.41) is 7.32. The van der Waals surface area contributed by atoms with Gasteiger partial charge in [0.15, 0.2) is 6.61 Å². The van der Waals surface area contributed by atoms with Crippen LogP contribution in [0.15, 0.2) is 59.4 Å². The molecule has 0 atom stereocenters. The fraction of sp³-hybridized carbons (Fsp3) is 0.318. The van der Waals surface area contributed by atoms with Crippen molar-refractivity contribution in [2.75, 3.05) is 13.2 Å². The molecule has 1 amide bonds. The summed E-state index contributed by atoms with van der Waals surface area (Å²) >= 11 is 0. The smallest absolute Gasteiger partial charge is 0.350 e. The summed E-state index contributed by atoms with van der Waals surface area (Å²) < 4.78 is 8.66. The van der Waals surface area contributed by atoms with Crippen LogP contribution in [0.25, 0.3) is 5.69 Å². The van der Waals surface area contributed by atoms with Gasteiger partial charge < -0.3 is 10.1 Å². The third-order valence-corrected chi connectivity index (χ3v) is 4.92. The molecule has 7 nitrogen and oxygen atoms in total. The molecule has 1 aromatic heterocycles. The predicted octanol–water partition coefficient (Wildman–Crippen LogP) is 2.42. The molecule has 3 aromatic rings. The van der Waals surface area contributed by atoms with Crippen molar-refractivity contribution in [2.24, 2.45) is 0 Å². The van der Waals surface area contributed by atoms with E-state index >= 15 is 0 Å². The van der Waals surface area contributed by atoms with Gasteiger partial charge in [0, 0.05) is 12.5 Å². The van der Waals surface area contributed by atoms with E-state index in [2.05, 4.69) is 10.4 Å². The van der Waals surface area contributed by atoms with Crippen molar-refractivity contribution in [1.82, 2.24) is 19.7 Å². The average molecular weight is 392 g/mol. The van der Waals surface area contributed by atoms with E-state index in [4.69, 9.17) is 4.74 Å². The van der Waals surface area contributed by atoms with E-state index < -0.39 is 0 Å². The fourth-order valence-electron chi connectivity index (χ4n) is 3.21. The number of rotatable bonds is 8. The van der Waals surface area contributed by atoms with Gasteiger partial charge in [-0.1, -0.05) is 36.4 Å². The van der Waals surface area contributed by atoms with Crippen molar-refractivity contribution >= 4 is 5.91 Å². The number of carbonyl (C=O) groups is 1. The Kier molecular flexibility index (Phi) is 5.46. The molecule has 1 saturated carbocycles. The lowest BCUT2D eigenvalue weighted by molar-refractivity contribution is -0.123. The van der Waals surface area contributed by atoms with Crippen LogP contribution in [0.5, 0.6) is 5.75 Å². The molecule has 0 unspecified atom stereocenters. The number of ether oxygens (including phenoxy) is 1. The number of carbonyl (C=O) groups excluding carboxylic acids is 1. The van der Waals surface area contributed by atoms with Crippen LogP contribution in [-0.4, -0.2) is 33.4 Å². The van der Waals surface area contributed by atoms with Crippen molar-refractivity contribution in [3.05, 3.63) is 76.5 Å². The van der Waals surface area contributed by atoms with Gasteiger partial charge in [-0.3, -0.25) is 4.79 Å². The number of benzene rings is 2. The largest absolute Gasteiger partial charge is 0.484 e. The predicted molar refractivity (Wildman–Crippen MR) is 109 cm³/mol. The van der Waals surface area contributed by atoms with E-state index in [-0.39, 0.29) is 18.2 Å². The Hall–Kier alpha value is -3.35. The number of nitrogens with zero attached hydrogens (tertiary/aromatic N) is 3. The summed E-state index contributed by atoms with van der Waals surface area (Å²) in [4.78, 5) is 24.9. The lowest BCUT2D eigenvalue weighted by atomic mass is 10.2. The molecule has 1 N–H and O–H groups in total. The molecule has 1 aliphatic rings. The SMILES string of the molecule is Cc1ccccc1OCC(=O)NCCn1nc(C2CC2)n(-c2ccccc2)c1=O. The van der Waals surface area contributed by atoms with Crippen molar-refractivity contribution < 1.29 is 9.53 Å². The summed E-state index contributed by atoms with van der Waals surface area (Å²) in [6.07, 6.45) is 2.10. The first-order valence-corrected chi connectivity index (χ1v) is 9.84. The van der Waals surface area contributed by atoms with Gasteiger partial charge >= 0.3 is 5.69 Å². The Morgan fingerprint density at radius 3 is 2.59 bits per heavy atom. The van der Waals surface area contributed by atoms with E-state index in [0.29, 0.717) is 24.8 Å². The minimum absolute atomic E-state index is 0.0640. The van der Waals surface area contributed by atoms with Crippen LogP contribution in [-0.2, 0) is 11.3 Å². The normalized spacial score (nSPS) is 13.3. The molecule has 1 aliphatic carbocycles. The zero-order valence-electron chi connectivity index (χ0n) is 16.4. The Morgan fingerprint density at radius 1 is 1.14 bits per heavy atom. The maximum atomic E-state index is 12.9. The summed E-state index contributed by atoms with van der Waals surface area (Å²) in [7, 11) is 0. The molecule has 0 spiro atoms. The molecule has 2 aromatic carbocycles. The van der Waals surface area contributed by atoms with Gasteiger partial charge in [-0.25, -0.2) is 14.0 Å². The molecule has 4 rings (SSSR count).